The molecule has 0 fully saturated rings. The molecule has 0 saturated heterocycles. The molecule has 21 heavy (non-hydrogen) atoms. The maximum atomic E-state index is 5.64. The van der Waals surface area contributed by atoms with E-state index in [0.717, 1.165) is 11.3 Å². The van der Waals surface area contributed by atoms with Crippen molar-refractivity contribution in [1.82, 2.24) is 5.32 Å². The summed E-state index contributed by atoms with van der Waals surface area (Å²) in [5.41, 5.74) is 2.63. The number of ether oxygens (including phenoxy) is 1. The van der Waals surface area contributed by atoms with E-state index in [1.165, 1.54) is 5.56 Å². The van der Waals surface area contributed by atoms with Crippen LogP contribution in [-0.2, 0) is 10.5 Å². The molecule has 0 spiro atoms. The molecule has 0 bridgehead atoms. The van der Waals surface area contributed by atoms with Crippen molar-refractivity contribution >= 4 is 5.69 Å². The van der Waals surface area contributed by atoms with Gasteiger partial charge in [-0.3, -0.25) is 0 Å². The predicted molar refractivity (Wildman–Crippen MR) is 87.9 cm³/mol. The van der Waals surface area contributed by atoms with E-state index in [1.54, 1.807) is 7.11 Å². The van der Waals surface area contributed by atoms with Crippen LogP contribution in [0.25, 0.3) is 0 Å². The highest BCUT2D eigenvalue weighted by atomic mass is 16.5. The van der Waals surface area contributed by atoms with Gasteiger partial charge in [-0.25, -0.2) is 0 Å². The quantitative estimate of drug-likeness (QED) is 0.786. The first kappa shape index (κ1) is 15.1. The molecule has 0 aliphatic carbocycles. The summed E-state index contributed by atoms with van der Waals surface area (Å²) in [5, 5.41) is 6.54. The molecule has 0 radical (unpaired) electrons. The van der Waals surface area contributed by atoms with E-state index in [4.69, 9.17) is 4.74 Å². The SMILES string of the molecule is C=C(Nc1ccc(C)cc1)NC(C)(OC)c1ccccc1. The van der Waals surface area contributed by atoms with Crippen LogP contribution < -0.4 is 10.6 Å². The molecule has 2 rings (SSSR count). The fraction of sp³-hybridized carbons (Fsp3) is 0.222. The summed E-state index contributed by atoms with van der Waals surface area (Å²) in [4.78, 5) is 0. The van der Waals surface area contributed by atoms with Gasteiger partial charge in [0.05, 0.1) is 5.82 Å². The zero-order valence-electron chi connectivity index (χ0n) is 12.8. The van der Waals surface area contributed by atoms with Crippen LogP contribution in [0, 0.1) is 6.92 Å². The molecule has 3 heteroatoms. The van der Waals surface area contributed by atoms with Crippen molar-refractivity contribution in [3.8, 4) is 0 Å². The Morgan fingerprint density at radius 1 is 1.05 bits per heavy atom. The van der Waals surface area contributed by atoms with Crippen molar-refractivity contribution in [3.05, 3.63) is 78.1 Å². The van der Waals surface area contributed by atoms with Gasteiger partial charge in [-0.1, -0.05) is 54.6 Å². The number of hydrogen-bond acceptors (Lipinski definition) is 3. The number of aryl methyl sites for hydroxylation is 1. The standard InChI is InChI=1S/C18H22N2O/c1-14-10-12-17(13-11-14)19-15(2)20-18(3,21-4)16-8-6-5-7-9-16/h5-13,19-20H,2H2,1,3-4H3. The first-order chi connectivity index (χ1) is 10.0. The predicted octanol–water partition coefficient (Wildman–Crippen LogP) is 3.99. The minimum Gasteiger partial charge on any atom is -0.355 e. The van der Waals surface area contributed by atoms with Crippen LogP contribution in [0.3, 0.4) is 0 Å². The maximum absolute atomic E-state index is 5.64. The molecular formula is C18H22N2O. The summed E-state index contributed by atoms with van der Waals surface area (Å²) in [7, 11) is 1.68. The van der Waals surface area contributed by atoms with Crippen molar-refractivity contribution in [1.29, 1.82) is 0 Å². The Morgan fingerprint density at radius 2 is 1.67 bits per heavy atom. The third kappa shape index (κ3) is 3.86. The highest BCUT2D eigenvalue weighted by Gasteiger charge is 2.26. The molecule has 0 aliphatic rings. The Labute approximate surface area is 126 Å². The lowest BCUT2D eigenvalue weighted by Crippen LogP contribution is -2.42. The summed E-state index contributed by atoms with van der Waals surface area (Å²) in [6.07, 6.45) is 0. The first-order valence-electron chi connectivity index (χ1n) is 6.95. The molecular weight excluding hydrogens is 260 g/mol. The van der Waals surface area contributed by atoms with Crippen LogP contribution in [0.2, 0.25) is 0 Å². The second kappa shape index (κ2) is 6.46. The molecule has 0 amide bonds. The number of hydrogen-bond donors (Lipinski definition) is 2. The minimum atomic E-state index is -0.629. The van der Waals surface area contributed by atoms with Crippen LogP contribution >= 0.6 is 0 Å². The zero-order valence-corrected chi connectivity index (χ0v) is 12.8. The fourth-order valence-corrected chi connectivity index (χ4v) is 2.13. The molecule has 0 heterocycles. The molecule has 1 unspecified atom stereocenters. The Kier molecular flexibility index (Phi) is 4.66. The lowest BCUT2D eigenvalue weighted by molar-refractivity contribution is -0.0196. The molecule has 2 aromatic rings. The van der Waals surface area contributed by atoms with E-state index in [0.29, 0.717) is 5.82 Å². The van der Waals surface area contributed by atoms with E-state index in [9.17, 15) is 0 Å². The van der Waals surface area contributed by atoms with Crippen LogP contribution in [-0.4, -0.2) is 7.11 Å². The van der Waals surface area contributed by atoms with E-state index in [2.05, 4.69) is 36.3 Å². The summed E-state index contributed by atoms with van der Waals surface area (Å²) < 4.78 is 5.64. The van der Waals surface area contributed by atoms with Crippen molar-refractivity contribution < 1.29 is 4.74 Å². The maximum Gasteiger partial charge on any atom is 0.162 e. The zero-order chi connectivity index (χ0) is 15.3. The average molecular weight is 282 g/mol. The highest BCUT2D eigenvalue weighted by Crippen LogP contribution is 2.22. The Bertz CT molecular complexity index is 592. The molecule has 2 N–H and O–H groups in total. The molecule has 110 valence electrons. The van der Waals surface area contributed by atoms with Crippen molar-refractivity contribution in [2.45, 2.75) is 19.6 Å². The Balaban J connectivity index is 2.08. The van der Waals surface area contributed by atoms with Crippen molar-refractivity contribution in [2.24, 2.45) is 0 Å². The van der Waals surface area contributed by atoms with Crippen molar-refractivity contribution in [2.75, 3.05) is 12.4 Å². The number of anilines is 1. The van der Waals surface area contributed by atoms with Gasteiger partial charge in [0.2, 0.25) is 0 Å². The average Bonchev–Trinajstić information content (AvgIpc) is 2.50. The summed E-state index contributed by atoms with van der Waals surface area (Å²) in [5.74, 6) is 0.687. The Morgan fingerprint density at radius 3 is 2.24 bits per heavy atom. The highest BCUT2D eigenvalue weighted by molar-refractivity contribution is 5.48. The largest absolute Gasteiger partial charge is 0.355 e. The van der Waals surface area contributed by atoms with Crippen LogP contribution in [0.1, 0.15) is 18.1 Å². The third-order valence-corrected chi connectivity index (χ3v) is 3.47. The van der Waals surface area contributed by atoms with Gasteiger partial charge in [0.15, 0.2) is 5.72 Å². The summed E-state index contributed by atoms with van der Waals surface area (Å²) in [6.45, 7) is 8.07. The fourth-order valence-electron chi connectivity index (χ4n) is 2.13. The van der Waals surface area contributed by atoms with E-state index in [1.807, 2.05) is 49.4 Å². The number of rotatable bonds is 6. The summed E-state index contributed by atoms with van der Waals surface area (Å²) in [6, 6.07) is 18.2. The summed E-state index contributed by atoms with van der Waals surface area (Å²) >= 11 is 0. The van der Waals surface area contributed by atoms with Gasteiger partial charge in [-0.15, -0.1) is 0 Å². The molecule has 0 aliphatic heterocycles. The Hall–Kier alpha value is -2.26. The van der Waals surface area contributed by atoms with Gasteiger partial charge in [0, 0.05) is 18.4 Å². The van der Waals surface area contributed by atoms with Crippen LogP contribution in [0.5, 0.6) is 0 Å². The van der Waals surface area contributed by atoms with Gasteiger partial charge >= 0.3 is 0 Å². The minimum absolute atomic E-state index is 0.629. The van der Waals surface area contributed by atoms with Gasteiger partial charge < -0.3 is 15.4 Å². The van der Waals surface area contributed by atoms with E-state index in [-0.39, 0.29) is 0 Å². The molecule has 2 aromatic carbocycles. The lowest BCUT2D eigenvalue weighted by atomic mass is 10.0. The van der Waals surface area contributed by atoms with E-state index < -0.39 is 5.72 Å². The molecule has 3 nitrogen and oxygen atoms in total. The third-order valence-electron chi connectivity index (χ3n) is 3.47. The second-order valence-electron chi connectivity index (χ2n) is 5.20. The lowest BCUT2D eigenvalue weighted by Gasteiger charge is -2.32. The molecule has 1 atom stereocenters. The topological polar surface area (TPSA) is 33.3 Å². The monoisotopic (exact) mass is 282 g/mol. The number of methoxy groups -OCH3 is 1. The molecule has 0 aromatic heterocycles. The number of nitrogens with one attached hydrogen (secondary N) is 2. The number of benzene rings is 2. The normalized spacial score (nSPS) is 13.3. The van der Waals surface area contributed by atoms with Crippen LogP contribution in [0.15, 0.2) is 67.0 Å². The van der Waals surface area contributed by atoms with Gasteiger partial charge in [0.1, 0.15) is 0 Å². The van der Waals surface area contributed by atoms with Gasteiger partial charge in [0.25, 0.3) is 0 Å². The second-order valence-corrected chi connectivity index (χ2v) is 5.20. The van der Waals surface area contributed by atoms with Gasteiger partial charge in [-0.05, 0) is 26.0 Å². The van der Waals surface area contributed by atoms with Crippen molar-refractivity contribution in [3.63, 3.8) is 0 Å². The van der Waals surface area contributed by atoms with E-state index >= 15 is 0 Å². The smallest absolute Gasteiger partial charge is 0.162 e. The van der Waals surface area contributed by atoms with Gasteiger partial charge in [-0.2, -0.15) is 0 Å². The first-order valence-corrected chi connectivity index (χ1v) is 6.95. The van der Waals surface area contributed by atoms with Crippen LogP contribution in [0.4, 0.5) is 5.69 Å². The molecule has 0 saturated carbocycles.